The number of aliphatic hydroxyl groups is 2. The van der Waals surface area contributed by atoms with Crippen LogP contribution in [0.5, 0.6) is 0 Å². The highest BCUT2D eigenvalue weighted by molar-refractivity contribution is 7.14. The van der Waals surface area contributed by atoms with Gasteiger partial charge in [0.1, 0.15) is 6.04 Å². The number of carbonyl (C=O) groups is 2. The van der Waals surface area contributed by atoms with Crippen LogP contribution in [0.15, 0.2) is 97.5 Å². The predicted octanol–water partition coefficient (Wildman–Crippen LogP) is 5.39. The zero-order chi connectivity index (χ0) is 32.8. The van der Waals surface area contributed by atoms with Crippen molar-refractivity contribution >= 4 is 23.2 Å². The topological polar surface area (TPSA) is 137 Å². The van der Waals surface area contributed by atoms with Crippen molar-refractivity contribution < 1.29 is 19.8 Å². The van der Waals surface area contributed by atoms with Crippen LogP contribution >= 0.6 is 11.3 Å². The van der Waals surface area contributed by atoms with E-state index in [9.17, 15) is 19.8 Å². The van der Waals surface area contributed by atoms with Gasteiger partial charge in [0, 0.05) is 52.1 Å². The van der Waals surface area contributed by atoms with E-state index in [1.54, 1.807) is 18.5 Å². The van der Waals surface area contributed by atoms with Gasteiger partial charge in [-0.3, -0.25) is 14.6 Å². The van der Waals surface area contributed by atoms with E-state index >= 15 is 0 Å². The maximum absolute atomic E-state index is 13.2. The van der Waals surface area contributed by atoms with Gasteiger partial charge in [-0.1, -0.05) is 81.4 Å². The summed E-state index contributed by atoms with van der Waals surface area (Å²) in [5.74, 6) is -0.339. The third-order valence-corrected chi connectivity index (χ3v) is 8.99. The predicted molar refractivity (Wildman–Crippen MR) is 180 cm³/mol. The Kier molecular flexibility index (Phi) is 10.0. The Morgan fingerprint density at radius 1 is 0.761 bits per heavy atom. The normalized spacial score (nSPS) is 12.8. The molecule has 5 aromatic rings. The lowest BCUT2D eigenvalue weighted by Crippen LogP contribution is -2.52. The molecule has 9 nitrogen and oxygen atoms in total. The lowest BCUT2D eigenvalue weighted by atomic mass is 9.95. The highest BCUT2D eigenvalue weighted by atomic mass is 32.1. The molecule has 0 aliphatic heterocycles. The number of thiophene rings is 1. The van der Waals surface area contributed by atoms with Crippen molar-refractivity contribution in [3.63, 3.8) is 0 Å². The van der Waals surface area contributed by atoms with Gasteiger partial charge < -0.3 is 20.8 Å². The maximum atomic E-state index is 13.2. The zero-order valence-corrected chi connectivity index (χ0v) is 27.0. The molecule has 236 valence electrons. The Balaban J connectivity index is 1.28. The first kappa shape index (κ1) is 32.6. The van der Waals surface area contributed by atoms with Crippen molar-refractivity contribution in [1.82, 2.24) is 25.6 Å². The molecule has 5 rings (SSSR count). The summed E-state index contributed by atoms with van der Waals surface area (Å²) in [7, 11) is 0. The van der Waals surface area contributed by atoms with Gasteiger partial charge in [-0.15, -0.1) is 11.3 Å². The molecule has 0 spiro atoms. The van der Waals surface area contributed by atoms with Crippen LogP contribution in [0.4, 0.5) is 0 Å². The highest BCUT2D eigenvalue weighted by Gasteiger charge is 2.26. The minimum atomic E-state index is -1.73. The number of aliphatic hydroxyl groups excluding tert-OH is 1. The van der Waals surface area contributed by atoms with E-state index in [1.807, 2.05) is 79.0 Å². The average molecular weight is 636 g/mol. The van der Waals surface area contributed by atoms with E-state index in [4.69, 9.17) is 0 Å². The van der Waals surface area contributed by atoms with Crippen LogP contribution in [0, 0.1) is 0 Å². The number of carbonyl (C=O) groups excluding carboxylic acids is 2. The molecule has 2 aromatic carbocycles. The van der Waals surface area contributed by atoms with E-state index in [-0.39, 0.29) is 17.7 Å². The third kappa shape index (κ3) is 8.08. The van der Waals surface area contributed by atoms with Crippen LogP contribution in [-0.4, -0.2) is 55.4 Å². The fourth-order valence-corrected chi connectivity index (χ4v) is 5.66. The molecule has 46 heavy (non-hydrogen) atoms. The number of benzene rings is 2. The van der Waals surface area contributed by atoms with Gasteiger partial charge in [-0.2, -0.15) is 0 Å². The summed E-state index contributed by atoms with van der Waals surface area (Å²) < 4.78 is 0. The minimum Gasteiger partial charge on any atom is -0.366 e. The fraction of sp³-hybridized carbons (Fsp3) is 0.250. The molecule has 0 radical (unpaired) electrons. The van der Waals surface area contributed by atoms with Crippen molar-refractivity contribution in [2.75, 3.05) is 0 Å². The Bertz CT molecular complexity index is 1760. The molecule has 0 saturated heterocycles. The largest absolute Gasteiger partial charge is 0.366 e. The molecule has 3 aromatic heterocycles. The molecule has 2 amide bonds. The summed E-state index contributed by atoms with van der Waals surface area (Å²) in [4.78, 5) is 41.6. The molecular weight excluding hydrogens is 598 g/mol. The number of aromatic nitrogens is 3. The van der Waals surface area contributed by atoms with Crippen molar-refractivity contribution in [1.29, 1.82) is 0 Å². The van der Waals surface area contributed by atoms with Crippen LogP contribution in [0.2, 0.25) is 0 Å². The van der Waals surface area contributed by atoms with E-state index in [0.29, 0.717) is 10.7 Å². The molecule has 0 aliphatic rings. The zero-order valence-electron chi connectivity index (χ0n) is 26.1. The van der Waals surface area contributed by atoms with E-state index in [2.05, 4.69) is 46.4 Å². The van der Waals surface area contributed by atoms with Crippen molar-refractivity contribution in [3.8, 4) is 33.8 Å². The summed E-state index contributed by atoms with van der Waals surface area (Å²) in [6.45, 7) is 7.70. The quantitative estimate of drug-likeness (QED) is 0.151. The Labute approximate surface area is 272 Å². The minimum absolute atomic E-state index is 0.107. The smallest absolute Gasteiger partial charge is 0.262 e. The molecule has 2 atom stereocenters. The van der Waals surface area contributed by atoms with Crippen molar-refractivity contribution in [2.24, 2.45) is 0 Å². The fourth-order valence-electron chi connectivity index (χ4n) is 4.70. The number of hydrogen-bond donors (Lipinski definition) is 4. The second-order valence-corrected chi connectivity index (χ2v) is 13.2. The maximum Gasteiger partial charge on any atom is 0.262 e. The lowest BCUT2D eigenvalue weighted by molar-refractivity contribution is -0.128. The molecule has 3 heterocycles. The van der Waals surface area contributed by atoms with E-state index in [1.165, 1.54) is 18.3 Å². The molecule has 0 aliphatic carbocycles. The van der Waals surface area contributed by atoms with E-state index < -0.39 is 24.3 Å². The molecule has 0 bridgehead atoms. The van der Waals surface area contributed by atoms with Crippen LogP contribution in [0.1, 0.15) is 47.8 Å². The molecule has 4 N–H and O–H groups in total. The number of nitrogens with zero attached hydrogens (tertiary/aromatic N) is 3. The van der Waals surface area contributed by atoms with E-state index in [0.717, 1.165) is 38.4 Å². The van der Waals surface area contributed by atoms with Gasteiger partial charge >= 0.3 is 0 Å². The summed E-state index contributed by atoms with van der Waals surface area (Å²) in [6, 6.07) is 23.2. The van der Waals surface area contributed by atoms with Crippen molar-refractivity contribution in [2.45, 2.75) is 57.9 Å². The summed E-state index contributed by atoms with van der Waals surface area (Å²) >= 11 is 1.38. The second kappa shape index (κ2) is 14.1. The molecule has 10 heteroatoms. The molecular formula is C36H37N5O4S. The van der Waals surface area contributed by atoms with Crippen LogP contribution in [0.3, 0.4) is 0 Å². The Morgan fingerprint density at radius 3 is 2.00 bits per heavy atom. The second-order valence-electron chi connectivity index (χ2n) is 12.1. The average Bonchev–Trinajstić information content (AvgIpc) is 3.57. The standard InChI is InChI=1S/C36H37N5O4S/c1-22(35(44)45)40-33(42)29(41-34(43)30-16-17-31(46-30)36(2,3)4)18-23-10-12-25(13-11-23)32-38-20-27(21-39-32)26-14-15-28(37-19-26)24-8-6-5-7-9-24/h5-17,19-22,29,35,44-45H,18H2,1-4H3,(H,40,42)(H,41,43)/t22-,29+/m1/s1. The summed E-state index contributed by atoms with van der Waals surface area (Å²) in [5, 5.41) is 24.4. The van der Waals surface area contributed by atoms with Crippen LogP contribution in [-0.2, 0) is 16.6 Å². The number of nitrogens with one attached hydrogen (secondary N) is 2. The van der Waals surface area contributed by atoms with Gasteiger partial charge in [0.2, 0.25) is 5.91 Å². The first-order chi connectivity index (χ1) is 22.0. The van der Waals surface area contributed by atoms with Gasteiger partial charge in [0.05, 0.1) is 16.6 Å². The molecule has 0 fully saturated rings. The van der Waals surface area contributed by atoms with Gasteiger partial charge in [-0.05, 0) is 36.1 Å². The number of pyridine rings is 1. The molecule has 0 saturated carbocycles. The van der Waals surface area contributed by atoms with Gasteiger partial charge in [-0.25, -0.2) is 9.97 Å². The lowest BCUT2D eigenvalue weighted by Gasteiger charge is -2.22. The number of rotatable bonds is 10. The molecule has 0 unspecified atom stereocenters. The summed E-state index contributed by atoms with van der Waals surface area (Å²) in [5.41, 5.74) is 5.18. The van der Waals surface area contributed by atoms with Gasteiger partial charge in [0.25, 0.3) is 5.91 Å². The van der Waals surface area contributed by atoms with Crippen LogP contribution < -0.4 is 10.6 Å². The third-order valence-electron chi connectivity index (χ3n) is 7.48. The Morgan fingerprint density at radius 2 is 1.41 bits per heavy atom. The number of hydrogen-bond acceptors (Lipinski definition) is 8. The van der Waals surface area contributed by atoms with Gasteiger partial charge in [0.15, 0.2) is 12.1 Å². The Hall–Kier alpha value is -4.77. The van der Waals surface area contributed by atoms with Crippen molar-refractivity contribution in [3.05, 3.63) is 113 Å². The number of amides is 2. The summed E-state index contributed by atoms with van der Waals surface area (Å²) in [6.07, 6.45) is 3.79. The SMILES string of the molecule is C[C@@H](NC(=O)[C@H](Cc1ccc(-c2ncc(-c3ccc(-c4ccccc4)nc3)cn2)cc1)NC(=O)c1ccc(C(C)(C)C)s1)C(O)O. The highest BCUT2D eigenvalue weighted by Crippen LogP contribution is 2.29. The first-order valence-electron chi connectivity index (χ1n) is 15.0. The monoisotopic (exact) mass is 635 g/mol. The first-order valence-corrected chi connectivity index (χ1v) is 15.8. The van der Waals surface area contributed by atoms with Crippen LogP contribution in [0.25, 0.3) is 33.8 Å².